The van der Waals surface area contributed by atoms with Gasteiger partial charge in [0.25, 0.3) is 5.91 Å². The molecular formula is C20H18NO4. The van der Waals surface area contributed by atoms with Crippen LogP contribution in [0.1, 0.15) is 31.8 Å². The number of rotatable bonds is 7. The Bertz CT molecular complexity index is 796. The van der Waals surface area contributed by atoms with E-state index >= 15 is 0 Å². The zero-order valence-electron chi connectivity index (χ0n) is 13.8. The number of ether oxygens (including phenoxy) is 1. The molecule has 5 heteroatoms. The number of amides is 1. The molecule has 2 rings (SSSR count). The Morgan fingerprint density at radius 3 is 2.48 bits per heavy atom. The van der Waals surface area contributed by atoms with Crippen LogP contribution >= 0.6 is 0 Å². The van der Waals surface area contributed by atoms with Crippen molar-refractivity contribution in [3.8, 4) is 0 Å². The van der Waals surface area contributed by atoms with Gasteiger partial charge in [0.05, 0.1) is 12.7 Å². The summed E-state index contributed by atoms with van der Waals surface area (Å²) >= 11 is 0. The number of hydrogen-bond acceptors (Lipinski definition) is 4. The minimum absolute atomic E-state index is 0.248. The molecule has 127 valence electrons. The molecule has 2 aromatic carbocycles. The Morgan fingerprint density at radius 1 is 1.08 bits per heavy atom. The van der Waals surface area contributed by atoms with E-state index in [1.807, 2.05) is 12.1 Å². The fourth-order valence-corrected chi connectivity index (χ4v) is 2.43. The van der Waals surface area contributed by atoms with E-state index in [1.54, 1.807) is 42.7 Å². The predicted octanol–water partition coefficient (Wildman–Crippen LogP) is 2.57. The molecule has 0 aliphatic rings. The van der Waals surface area contributed by atoms with Crippen molar-refractivity contribution in [2.24, 2.45) is 0 Å². The van der Waals surface area contributed by atoms with E-state index in [1.165, 1.54) is 19.3 Å². The summed E-state index contributed by atoms with van der Waals surface area (Å²) < 4.78 is 4.76. The van der Waals surface area contributed by atoms with Crippen LogP contribution in [0.5, 0.6) is 0 Å². The molecule has 0 spiro atoms. The first-order valence-electron chi connectivity index (χ1n) is 7.75. The molecule has 0 aromatic heterocycles. The number of methoxy groups -OCH3 is 1. The number of benzene rings is 2. The maximum atomic E-state index is 12.4. The highest BCUT2D eigenvalue weighted by Gasteiger charge is 2.12. The van der Waals surface area contributed by atoms with E-state index < -0.39 is 5.97 Å². The molecule has 0 saturated carbocycles. The van der Waals surface area contributed by atoms with Crippen LogP contribution in [0.2, 0.25) is 0 Å². The van der Waals surface area contributed by atoms with Crippen LogP contribution in [0.3, 0.4) is 0 Å². The molecule has 5 nitrogen and oxygen atoms in total. The summed E-state index contributed by atoms with van der Waals surface area (Å²) in [5, 5.41) is 2.82. The molecule has 0 fully saturated rings. The third-order valence-electron chi connectivity index (χ3n) is 3.64. The minimum atomic E-state index is -0.400. The predicted molar refractivity (Wildman–Crippen MR) is 95.0 cm³/mol. The molecule has 25 heavy (non-hydrogen) atoms. The highest BCUT2D eigenvalue weighted by atomic mass is 16.5. The molecule has 0 aliphatic heterocycles. The van der Waals surface area contributed by atoms with Gasteiger partial charge in [-0.3, -0.25) is 9.59 Å². The van der Waals surface area contributed by atoms with Crippen molar-refractivity contribution >= 4 is 24.2 Å². The van der Waals surface area contributed by atoms with Gasteiger partial charge in [-0.1, -0.05) is 42.5 Å². The molecule has 0 bridgehead atoms. The second-order valence-electron chi connectivity index (χ2n) is 5.19. The van der Waals surface area contributed by atoms with Gasteiger partial charge in [0.15, 0.2) is 0 Å². The molecule has 0 aliphatic carbocycles. The summed E-state index contributed by atoms with van der Waals surface area (Å²) in [5.74, 6) is -0.649. The molecule has 0 unspecified atom stereocenters. The van der Waals surface area contributed by atoms with Gasteiger partial charge in [-0.25, -0.2) is 4.79 Å². The lowest BCUT2D eigenvalue weighted by Gasteiger charge is -2.10. The second-order valence-corrected chi connectivity index (χ2v) is 5.19. The van der Waals surface area contributed by atoms with Crippen LogP contribution in [0.25, 0.3) is 6.08 Å². The van der Waals surface area contributed by atoms with E-state index in [4.69, 9.17) is 4.74 Å². The largest absolute Gasteiger partial charge is 0.465 e. The second kappa shape index (κ2) is 9.17. The molecule has 0 saturated heterocycles. The lowest BCUT2D eigenvalue weighted by Crippen LogP contribution is -2.26. The van der Waals surface area contributed by atoms with Crippen LogP contribution in [0, 0.1) is 0 Å². The van der Waals surface area contributed by atoms with Gasteiger partial charge in [-0.15, -0.1) is 0 Å². The van der Waals surface area contributed by atoms with Gasteiger partial charge in [0.1, 0.15) is 0 Å². The van der Waals surface area contributed by atoms with Gasteiger partial charge in [0.2, 0.25) is 6.29 Å². The Balaban J connectivity index is 2.04. The van der Waals surface area contributed by atoms with Gasteiger partial charge in [-0.2, -0.15) is 0 Å². The summed E-state index contributed by atoms with van der Waals surface area (Å²) in [4.78, 5) is 34.5. The summed E-state index contributed by atoms with van der Waals surface area (Å²) in [6, 6.07) is 14.1. The maximum Gasteiger partial charge on any atom is 0.338 e. The van der Waals surface area contributed by atoms with Crippen LogP contribution in [-0.2, 0) is 16.0 Å². The Hall–Kier alpha value is -3.21. The van der Waals surface area contributed by atoms with E-state index in [-0.39, 0.29) is 5.91 Å². The molecular weight excluding hydrogens is 318 g/mol. The lowest BCUT2D eigenvalue weighted by atomic mass is 10.0. The highest BCUT2D eigenvalue weighted by Crippen LogP contribution is 2.12. The summed E-state index contributed by atoms with van der Waals surface area (Å²) in [6.45, 7) is 0.366. The van der Waals surface area contributed by atoms with E-state index in [9.17, 15) is 14.4 Å². The Kier molecular flexibility index (Phi) is 6.65. The van der Waals surface area contributed by atoms with Gasteiger partial charge < -0.3 is 10.1 Å². The van der Waals surface area contributed by atoms with Crippen molar-refractivity contribution in [2.45, 2.75) is 6.42 Å². The average molecular weight is 336 g/mol. The maximum absolute atomic E-state index is 12.4. The first kappa shape index (κ1) is 18.1. The first-order chi connectivity index (χ1) is 12.2. The zero-order valence-corrected chi connectivity index (χ0v) is 13.8. The topological polar surface area (TPSA) is 72.5 Å². The van der Waals surface area contributed by atoms with Crippen molar-refractivity contribution < 1.29 is 19.1 Å². The molecule has 1 radical (unpaired) electrons. The minimum Gasteiger partial charge on any atom is -0.465 e. The summed E-state index contributed by atoms with van der Waals surface area (Å²) in [7, 11) is 1.34. The van der Waals surface area contributed by atoms with Crippen molar-refractivity contribution in [1.29, 1.82) is 0 Å². The Morgan fingerprint density at radius 2 is 1.76 bits per heavy atom. The fourth-order valence-electron chi connectivity index (χ4n) is 2.43. The number of hydrogen-bond donors (Lipinski definition) is 1. The molecule has 2 aromatic rings. The Labute approximate surface area is 146 Å². The number of nitrogens with one attached hydrogen (secondary N) is 1. The summed E-state index contributed by atoms with van der Waals surface area (Å²) in [5.41, 5.74) is 2.40. The van der Waals surface area contributed by atoms with Crippen LogP contribution in [-0.4, -0.2) is 31.8 Å². The molecule has 1 N–H and O–H groups in total. The standard InChI is InChI=1S/C20H18NO4/c1-25-20(24)18-11-5-3-8-16(18)12-13-21-19(23)17-10-4-2-7-15(17)9-6-14-22/h2-11H,12-13H2,1H3,(H,21,23)/b9-6+. The number of esters is 1. The van der Waals surface area contributed by atoms with Crippen molar-refractivity contribution in [3.05, 3.63) is 76.9 Å². The normalized spacial score (nSPS) is 10.4. The number of allylic oxidation sites excluding steroid dienone is 1. The third kappa shape index (κ3) is 4.88. The highest BCUT2D eigenvalue weighted by molar-refractivity contribution is 5.98. The van der Waals surface area contributed by atoms with Crippen molar-refractivity contribution in [3.63, 3.8) is 0 Å². The fraction of sp³-hybridized carbons (Fsp3) is 0.150. The van der Waals surface area contributed by atoms with Crippen molar-refractivity contribution in [1.82, 2.24) is 5.32 Å². The molecule has 0 heterocycles. The molecule has 0 atom stereocenters. The third-order valence-corrected chi connectivity index (χ3v) is 3.64. The zero-order chi connectivity index (χ0) is 18.1. The number of carbonyl (C=O) groups is 2. The lowest BCUT2D eigenvalue weighted by molar-refractivity contribution is 0.0599. The quantitative estimate of drug-likeness (QED) is 0.623. The van der Waals surface area contributed by atoms with E-state index in [2.05, 4.69) is 5.32 Å². The van der Waals surface area contributed by atoms with Crippen molar-refractivity contribution in [2.75, 3.05) is 13.7 Å². The SMILES string of the molecule is COC(=O)c1ccccc1CCNC(=O)c1ccccc1/C=C/[C]=O. The van der Waals surface area contributed by atoms with Crippen LogP contribution in [0.4, 0.5) is 0 Å². The van der Waals surface area contributed by atoms with Crippen LogP contribution in [0.15, 0.2) is 54.6 Å². The monoisotopic (exact) mass is 336 g/mol. The van der Waals surface area contributed by atoms with Gasteiger partial charge >= 0.3 is 5.97 Å². The summed E-state index contributed by atoms with van der Waals surface area (Å²) in [6.07, 6.45) is 4.92. The number of carbonyl (C=O) groups excluding carboxylic acids is 3. The van der Waals surface area contributed by atoms with Crippen LogP contribution < -0.4 is 5.32 Å². The van der Waals surface area contributed by atoms with Gasteiger partial charge in [-0.05, 0) is 35.8 Å². The first-order valence-corrected chi connectivity index (χ1v) is 7.75. The van der Waals surface area contributed by atoms with E-state index in [0.717, 1.165) is 5.56 Å². The van der Waals surface area contributed by atoms with E-state index in [0.29, 0.717) is 29.7 Å². The van der Waals surface area contributed by atoms with Gasteiger partial charge in [0, 0.05) is 12.1 Å². The average Bonchev–Trinajstić information content (AvgIpc) is 2.66. The smallest absolute Gasteiger partial charge is 0.338 e. The molecule has 1 amide bonds.